The van der Waals surface area contributed by atoms with Gasteiger partial charge in [-0.2, -0.15) is 0 Å². The predicted molar refractivity (Wildman–Crippen MR) is 110 cm³/mol. The van der Waals surface area contributed by atoms with E-state index in [-0.39, 0.29) is 17.5 Å². The van der Waals surface area contributed by atoms with E-state index in [1.807, 2.05) is 20.8 Å². The molecule has 1 aliphatic rings. The molecule has 0 aliphatic carbocycles. The molecule has 0 bridgehead atoms. The van der Waals surface area contributed by atoms with Crippen LogP contribution >= 0.6 is 0 Å². The number of anilines is 1. The minimum Gasteiger partial charge on any atom is -0.347 e. The third-order valence-electron chi connectivity index (χ3n) is 4.42. The van der Waals surface area contributed by atoms with E-state index in [0.717, 1.165) is 26.1 Å². The molecule has 1 aliphatic heterocycles. The molecule has 1 saturated heterocycles. The minimum atomic E-state index is -0.303. The highest BCUT2D eigenvalue weighted by molar-refractivity contribution is 5.97. The van der Waals surface area contributed by atoms with Gasteiger partial charge in [0.25, 0.3) is 5.91 Å². The number of nitrogens with zero attached hydrogens (tertiary/aromatic N) is 1. The Bertz CT molecular complexity index is 652. The van der Waals surface area contributed by atoms with E-state index in [2.05, 4.69) is 34.7 Å². The molecule has 1 aromatic rings. The molecule has 0 aromatic heterocycles. The standard InChI is InChI=1S/C21H34N4O2/c1-15(2)13-25-10-9-16(14-25)12-22-20(27)23-18-8-6-7-17(11-18)19(26)24-21(3,4)5/h6-8,11,15-16H,9-10,12-14H2,1-5H3,(H,24,26)(H2,22,23,27)/t16-/m0/s1. The summed E-state index contributed by atoms with van der Waals surface area (Å²) in [5, 5.41) is 8.70. The summed E-state index contributed by atoms with van der Waals surface area (Å²) in [4.78, 5) is 26.9. The third-order valence-corrected chi connectivity index (χ3v) is 4.42. The summed E-state index contributed by atoms with van der Waals surface area (Å²) in [6.45, 7) is 14.2. The van der Waals surface area contributed by atoms with Crippen LogP contribution in [0.25, 0.3) is 0 Å². The SMILES string of the molecule is CC(C)CN1CC[C@@H](CNC(=O)Nc2cccc(C(=O)NC(C)(C)C)c2)C1. The van der Waals surface area contributed by atoms with Gasteiger partial charge < -0.3 is 20.9 Å². The van der Waals surface area contributed by atoms with Crippen LogP contribution in [0.4, 0.5) is 10.5 Å². The number of nitrogens with one attached hydrogen (secondary N) is 3. The van der Waals surface area contributed by atoms with Gasteiger partial charge in [0.2, 0.25) is 0 Å². The number of carbonyl (C=O) groups excluding carboxylic acids is 2. The van der Waals surface area contributed by atoms with Crippen molar-refractivity contribution in [1.29, 1.82) is 0 Å². The summed E-state index contributed by atoms with van der Waals surface area (Å²) >= 11 is 0. The van der Waals surface area contributed by atoms with Crippen molar-refractivity contribution in [2.24, 2.45) is 11.8 Å². The largest absolute Gasteiger partial charge is 0.347 e. The Balaban J connectivity index is 1.81. The lowest BCUT2D eigenvalue weighted by molar-refractivity contribution is 0.0919. The fourth-order valence-electron chi connectivity index (χ4n) is 3.32. The van der Waals surface area contributed by atoms with Gasteiger partial charge in [0.15, 0.2) is 0 Å². The van der Waals surface area contributed by atoms with Crippen LogP contribution < -0.4 is 16.0 Å². The number of likely N-dealkylation sites (tertiary alicyclic amines) is 1. The van der Waals surface area contributed by atoms with Crippen molar-refractivity contribution in [3.63, 3.8) is 0 Å². The van der Waals surface area contributed by atoms with Crippen LogP contribution in [0.2, 0.25) is 0 Å². The first-order valence-corrected chi connectivity index (χ1v) is 9.82. The molecule has 1 heterocycles. The number of amides is 3. The maximum atomic E-state index is 12.3. The van der Waals surface area contributed by atoms with Gasteiger partial charge in [-0.3, -0.25) is 4.79 Å². The van der Waals surface area contributed by atoms with Crippen LogP contribution in [-0.2, 0) is 0 Å². The zero-order valence-corrected chi connectivity index (χ0v) is 17.3. The van der Waals surface area contributed by atoms with Crippen LogP contribution in [0, 0.1) is 11.8 Å². The van der Waals surface area contributed by atoms with E-state index < -0.39 is 0 Å². The summed E-state index contributed by atoms with van der Waals surface area (Å²) < 4.78 is 0. The number of hydrogen-bond acceptors (Lipinski definition) is 3. The minimum absolute atomic E-state index is 0.150. The molecule has 1 fully saturated rings. The van der Waals surface area contributed by atoms with Gasteiger partial charge >= 0.3 is 6.03 Å². The maximum Gasteiger partial charge on any atom is 0.319 e. The topological polar surface area (TPSA) is 73.5 Å². The van der Waals surface area contributed by atoms with Gasteiger partial charge in [0, 0.05) is 36.4 Å². The lowest BCUT2D eigenvalue weighted by Gasteiger charge is -2.20. The summed E-state index contributed by atoms with van der Waals surface area (Å²) in [5.41, 5.74) is 0.840. The molecular formula is C21H34N4O2. The van der Waals surface area contributed by atoms with Crippen molar-refractivity contribution in [2.45, 2.75) is 46.6 Å². The first-order chi connectivity index (χ1) is 12.6. The molecule has 6 heteroatoms. The number of urea groups is 1. The van der Waals surface area contributed by atoms with E-state index in [1.54, 1.807) is 24.3 Å². The van der Waals surface area contributed by atoms with Gasteiger partial charge in [-0.15, -0.1) is 0 Å². The fraction of sp³-hybridized carbons (Fsp3) is 0.619. The first kappa shape index (κ1) is 21.2. The molecule has 3 amide bonds. The Hall–Kier alpha value is -2.08. The third kappa shape index (κ3) is 7.59. The normalized spacial score (nSPS) is 17.8. The van der Waals surface area contributed by atoms with Crippen LogP contribution in [0.3, 0.4) is 0 Å². The number of rotatable bonds is 6. The Kier molecular flexibility index (Phi) is 7.25. The van der Waals surface area contributed by atoms with Crippen LogP contribution in [0.5, 0.6) is 0 Å². The summed E-state index contributed by atoms with van der Waals surface area (Å²) in [6, 6.07) is 6.76. The summed E-state index contributed by atoms with van der Waals surface area (Å²) in [5.74, 6) is 1.02. The van der Waals surface area contributed by atoms with Crippen LogP contribution in [0.1, 0.15) is 51.4 Å². The maximum absolute atomic E-state index is 12.3. The molecule has 27 heavy (non-hydrogen) atoms. The monoisotopic (exact) mass is 374 g/mol. The predicted octanol–water partition coefficient (Wildman–Crippen LogP) is 3.31. The lowest BCUT2D eigenvalue weighted by atomic mass is 10.1. The van der Waals surface area contributed by atoms with Gasteiger partial charge in [0.05, 0.1) is 0 Å². The molecule has 0 radical (unpaired) electrons. The van der Waals surface area contributed by atoms with E-state index in [4.69, 9.17) is 0 Å². The Morgan fingerprint density at radius 2 is 2.00 bits per heavy atom. The van der Waals surface area contributed by atoms with Crippen molar-refractivity contribution < 1.29 is 9.59 Å². The van der Waals surface area contributed by atoms with Gasteiger partial charge in [-0.1, -0.05) is 19.9 Å². The molecule has 150 valence electrons. The van der Waals surface area contributed by atoms with Gasteiger partial charge in [-0.25, -0.2) is 4.79 Å². The summed E-state index contributed by atoms with van der Waals surface area (Å²) in [7, 11) is 0. The number of carbonyl (C=O) groups is 2. The average Bonchev–Trinajstić information content (AvgIpc) is 2.98. The van der Waals surface area contributed by atoms with Crippen LogP contribution in [0.15, 0.2) is 24.3 Å². The zero-order valence-electron chi connectivity index (χ0n) is 17.3. The Morgan fingerprint density at radius 1 is 1.26 bits per heavy atom. The molecule has 0 spiro atoms. The molecule has 2 rings (SSSR count). The zero-order chi connectivity index (χ0) is 20.0. The molecule has 1 aromatic carbocycles. The van der Waals surface area contributed by atoms with Crippen molar-refractivity contribution in [1.82, 2.24) is 15.5 Å². The van der Waals surface area contributed by atoms with Crippen LogP contribution in [-0.4, -0.2) is 48.6 Å². The smallest absolute Gasteiger partial charge is 0.319 e. The fourth-order valence-corrected chi connectivity index (χ4v) is 3.32. The second-order valence-corrected chi connectivity index (χ2v) is 8.93. The lowest BCUT2D eigenvalue weighted by Crippen LogP contribution is -2.40. The second kappa shape index (κ2) is 9.22. The molecule has 3 N–H and O–H groups in total. The van der Waals surface area contributed by atoms with Gasteiger partial charge in [0.1, 0.15) is 0 Å². The molecule has 0 saturated carbocycles. The van der Waals surface area contributed by atoms with Gasteiger partial charge in [-0.05, 0) is 63.8 Å². The van der Waals surface area contributed by atoms with E-state index in [0.29, 0.717) is 29.6 Å². The number of hydrogen-bond donors (Lipinski definition) is 3. The highest BCUT2D eigenvalue weighted by Gasteiger charge is 2.23. The quantitative estimate of drug-likeness (QED) is 0.715. The average molecular weight is 375 g/mol. The summed E-state index contributed by atoms with van der Waals surface area (Å²) in [6.07, 6.45) is 1.12. The second-order valence-electron chi connectivity index (χ2n) is 8.93. The van der Waals surface area contributed by atoms with E-state index >= 15 is 0 Å². The molecule has 6 nitrogen and oxygen atoms in total. The molecular weight excluding hydrogens is 340 g/mol. The Morgan fingerprint density at radius 3 is 2.67 bits per heavy atom. The Labute approximate surface area is 163 Å². The van der Waals surface area contributed by atoms with Crippen molar-refractivity contribution >= 4 is 17.6 Å². The van der Waals surface area contributed by atoms with E-state index in [9.17, 15) is 9.59 Å². The highest BCUT2D eigenvalue weighted by atomic mass is 16.2. The van der Waals surface area contributed by atoms with Crippen molar-refractivity contribution in [3.05, 3.63) is 29.8 Å². The molecule has 1 atom stereocenters. The number of benzene rings is 1. The first-order valence-electron chi connectivity index (χ1n) is 9.82. The van der Waals surface area contributed by atoms with Crippen molar-refractivity contribution in [3.8, 4) is 0 Å². The van der Waals surface area contributed by atoms with E-state index in [1.165, 1.54) is 0 Å². The molecule has 0 unspecified atom stereocenters. The highest BCUT2D eigenvalue weighted by Crippen LogP contribution is 2.17. The van der Waals surface area contributed by atoms with Crippen molar-refractivity contribution in [2.75, 3.05) is 31.5 Å².